The first-order valence-corrected chi connectivity index (χ1v) is 14.4. The smallest absolute Gasteiger partial charge is 0.308 e. The van der Waals surface area contributed by atoms with Crippen LogP contribution in [0.25, 0.3) is 38.6 Å². The Kier molecular flexibility index (Phi) is 5.31. The third-order valence-electron chi connectivity index (χ3n) is 9.03. The Hall–Kier alpha value is -4.84. The van der Waals surface area contributed by atoms with Crippen molar-refractivity contribution in [2.24, 2.45) is 0 Å². The fraction of sp³-hybridized carbons (Fsp3) is 0.162. The van der Waals surface area contributed by atoms with Gasteiger partial charge in [0, 0.05) is 16.3 Å². The topological polar surface area (TPSA) is 25.2 Å². The molecule has 0 saturated heterocycles. The van der Waals surface area contributed by atoms with E-state index < -0.39 is 11.7 Å². The number of hydrogen-bond acceptors (Lipinski definition) is 1. The minimum absolute atomic E-state index is 0.0905. The van der Waals surface area contributed by atoms with Crippen LogP contribution in [0, 0.1) is 20.8 Å². The highest BCUT2D eigenvalue weighted by Crippen LogP contribution is 2.45. The van der Waals surface area contributed by atoms with E-state index in [0.717, 1.165) is 61.0 Å². The highest BCUT2D eigenvalue weighted by Gasteiger charge is 2.37. The van der Waals surface area contributed by atoms with Gasteiger partial charge >= 0.3 is 6.18 Å². The number of rotatable bonds is 1. The molecular formula is C37H27F3N2O. The molecule has 5 aromatic carbocycles. The zero-order valence-corrected chi connectivity index (χ0v) is 23.9. The van der Waals surface area contributed by atoms with Gasteiger partial charge in [-0.05, 0) is 84.8 Å². The van der Waals surface area contributed by atoms with Crippen LogP contribution in [0.4, 0.5) is 18.9 Å². The summed E-state index contributed by atoms with van der Waals surface area (Å²) in [6.45, 7) is 6.45. The number of halogens is 3. The Balaban J connectivity index is 1.50. The minimum atomic E-state index is -4.50. The van der Waals surface area contributed by atoms with Gasteiger partial charge in [-0.25, -0.2) is 0 Å². The number of para-hydroxylation sites is 2. The quantitative estimate of drug-likeness (QED) is 0.192. The highest BCUT2D eigenvalue weighted by atomic mass is 19.4. The van der Waals surface area contributed by atoms with Gasteiger partial charge in [0.1, 0.15) is 0 Å². The van der Waals surface area contributed by atoms with E-state index in [0.29, 0.717) is 28.8 Å². The van der Waals surface area contributed by atoms with E-state index in [2.05, 4.69) is 16.7 Å². The first-order chi connectivity index (χ1) is 20.6. The molecular weight excluding hydrogens is 545 g/mol. The largest absolute Gasteiger partial charge is 0.416 e. The van der Waals surface area contributed by atoms with Gasteiger partial charge in [-0.3, -0.25) is 4.79 Å². The number of fused-ring (bicyclic) bond motifs is 3. The Morgan fingerprint density at radius 1 is 0.791 bits per heavy atom. The Morgan fingerprint density at radius 2 is 1.53 bits per heavy atom. The van der Waals surface area contributed by atoms with Crippen molar-refractivity contribution in [2.45, 2.75) is 39.9 Å². The van der Waals surface area contributed by atoms with Crippen LogP contribution in [-0.4, -0.2) is 10.5 Å². The van der Waals surface area contributed by atoms with Crippen LogP contribution in [0.15, 0.2) is 84.9 Å². The fourth-order valence-corrected chi connectivity index (χ4v) is 7.43. The fourth-order valence-electron chi connectivity index (χ4n) is 7.43. The molecule has 43 heavy (non-hydrogen) atoms. The lowest BCUT2D eigenvalue weighted by molar-refractivity contribution is -0.137. The number of aromatic nitrogens is 1. The Bertz CT molecular complexity index is 2160. The van der Waals surface area contributed by atoms with Crippen molar-refractivity contribution in [3.05, 3.63) is 129 Å². The lowest BCUT2D eigenvalue weighted by Gasteiger charge is -2.22. The summed E-state index contributed by atoms with van der Waals surface area (Å²) in [7, 11) is 0. The van der Waals surface area contributed by atoms with Crippen LogP contribution in [-0.2, 0) is 19.1 Å². The monoisotopic (exact) mass is 572 g/mol. The zero-order chi connectivity index (χ0) is 29.8. The first kappa shape index (κ1) is 25.8. The number of hydrogen-bond donors (Lipinski definition) is 0. The predicted molar refractivity (Wildman–Crippen MR) is 165 cm³/mol. The average Bonchev–Trinajstić information content (AvgIpc) is 3.47. The lowest BCUT2D eigenvalue weighted by atomic mass is 9.93. The van der Waals surface area contributed by atoms with Crippen LogP contribution in [0.2, 0.25) is 0 Å². The molecule has 1 amide bonds. The van der Waals surface area contributed by atoms with Crippen molar-refractivity contribution >= 4 is 33.4 Å². The van der Waals surface area contributed by atoms with E-state index in [-0.39, 0.29) is 12.3 Å². The molecule has 3 nitrogen and oxygen atoms in total. The summed E-state index contributed by atoms with van der Waals surface area (Å²) in [6.07, 6.45) is -4.21. The standard InChI is InChI=1S/C37H27F3N2O/c1-20-13-21(2)34(22(3)14-20)41-19-30-24-11-12-32(33(30)36(41)43)42-31-10-5-4-7-28(31)29-9-6-8-27(35(29)42)25-16-23(15-24)17-26(18-25)37(38,39)40/h4-14,16-18H,15,19H2,1-3H3. The Morgan fingerprint density at radius 3 is 2.30 bits per heavy atom. The maximum Gasteiger partial charge on any atom is 0.416 e. The number of aryl methyl sites for hydroxylation is 3. The molecule has 212 valence electrons. The van der Waals surface area contributed by atoms with E-state index in [1.54, 1.807) is 0 Å². The van der Waals surface area contributed by atoms with Crippen molar-refractivity contribution in [1.29, 1.82) is 0 Å². The second kappa shape index (κ2) is 8.83. The molecule has 0 unspecified atom stereocenters. The molecule has 0 radical (unpaired) electrons. The van der Waals surface area contributed by atoms with Crippen LogP contribution < -0.4 is 4.90 Å². The maximum absolute atomic E-state index is 14.6. The molecule has 0 N–H and O–H groups in total. The van der Waals surface area contributed by atoms with Gasteiger partial charge in [-0.2, -0.15) is 13.2 Å². The minimum Gasteiger partial charge on any atom is -0.308 e. The van der Waals surface area contributed by atoms with Gasteiger partial charge in [-0.1, -0.05) is 66.2 Å². The van der Waals surface area contributed by atoms with Gasteiger partial charge in [0.25, 0.3) is 5.91 Å². The third kappa shape index (κ3) is 3.72. The van der Waals surface area contributed by atoms with E-state index in [9.17, 15) is 18.0 Å². The summed E-state index contributed by atoms with van der Waals surface area (Å²) in [5, 5.41) is 1.91. The van der Waals surface area contributed by atoms with Crippen molar-refractivity contribution < 1.29 is 18.0 Å². The van der Waals surface area contributed by atoms with Crippen LogP contribution in [0.3, 0.4) is 0 Å². The number of alkyl halides is 3. The number of carbonyl (C=O) groups excluding carboxylic acids is 1. The number of benzene rings is 5. The normalized spacial score (nSPS) is 14.1. The second-order valence-electron chi connectivity index (χ2n) is 11.9. The van der Waals surface area contributed by atoms with Gasteiger partial charge in [0.15, 0.2) is 0 Å². The summed E-state index contributed by atoms with van der Waals surface area (Å²) in [5.41, 5.74) is 9.95. The van der Waals surface area contributed by atoms with E-state index in [1.807, 2.05) is 86.3 Å². The molecule has 4 heterocycles. The number of amides is 1. The molecule has 9 rings (SSSR count). The third-order valence-corrected chi connectivity index (χ3v) is 9.03. The molecule has 6 aromatic rings. The summed E-state index contributed by atoms with van der Waals surface area (Å²) >= 11 is 0. The molecule has 0 atom stereocenters. The van der Waals surface area contributed by atoms with Gasteiger partial charge < -0.3 is 9.47 Å². The molecule has 0 saturated carbocycles. The number of anilines is 1. The van der Waals surface area contributed by atoms with Gasteiger partial charge in [-0.15, -0.1) is 0 Å². The number of carbonyl (C=O) groups is 1. The van der Waals surface area contributed by atoms with Crippen LogP contribution in [0.5, 0.6) is 0 Å². The summed E-state index contributed by atoms with van der Waals surface area (Å²) in [6, 6.07) is 26.3. The summed E-state index contributed by atoms with van der Waals surface area (Å²) < 4.78 is 44.9. The molecule has 3 aliphatic rings. The molecule has 0 aliphatic carbocycles. The van der Waals surface area contributed by atoms with Crippen molar-refractivity contribution in [3.63, 3.8) is 0 Å². The zero-order valence-electron chi connectivity index (χ0n) is 23.9. The predicted octanol–water partition coefficient (Wildman–Crippen LogP) is 9.46. The lowest BCUT2D eigenvalue weighted by Crippen LogP contribution is -2.25. The molecule has 0 spiro atoms. The van der Waals surface area contributed by atoms with Crippen molar-refractivity contribution in [3.8, 4) is 16.8 Å². The average molecular weight is 573 g/mol. The Labute approximate surface area is 246 Å². The van der Waals surface area contributed by atoms with Crippen LogP contribution >= 0.6 is 0 Å². The molecule has 4 bridgehead atoms. The van der Waals surface area contributed by atoms with E-state index >= 15 is 0 Å². The molecule has 0 fully saturated rings. The van der Waals surface area contributed by atoms with Gasteiger partial charge in [0.05, 0.1) is 40.1 Å². The summed E-state index contributed by atoms with van der Waals surface area (Å²) in [5.74, 6) is -0.0905. The number of nitrogens with zero attached hydrogens (tertiary/aromatic N) is 2. The van der Waals surface area contributed by atoms with E-state index in [4.69, 9.17) is 0 Å². The van der Waals surface area contributed by atoms with E-state index in [1.165, 1.54) is 12.1 Å². The molecule has 3 aliphatic heterocycles. The van der Waals surface area contributed by atoms with Crippen LogP contribution in [0.1, 0.15) is 49.3 Å². The maximum atomic E-state index is 14.6. The van der Waals surface area contributed by atoms with Gasteiger partial charge in [0.2, 0.25) is 0 Å². The van der Waals surface area contributed by atoms with Crippen molar-refractivity contribution in [1.82, 2.24) is 4.57 Å². The highest BCUT2D eigenvalue weighted by molar-refractivity contribution is 6.17. The summed E-state index contributed by atoms with van der Waals surface area (Å²) in [4.78, 5) is 16.4. The first-order valence-electron chi connectivity index (χ1n) is 14.4. The SMILES string of the molecule is Cc1cc(C)c(N2Cc3c4ccc(c3C2=O)-n2c3ccccc3c3cccc(c32)-c2cc(cc(C(F)(F)F)c2)C4)c(C)c1. The second-order valence-corrected chi connectivity index (χ2v) is 11.9. The molecule has 6 heteroatoms. The molecule has 1 aromatic heterocycles. The van der Waals surface area contributed by atoms with Crippen molar-refractivity contribution in [2.75, 3.05) is 4.90 Å².